The van der Waals surface area contributed by atoms with E-state index in [-0.39, 0.29) is 16.4 Å². The molecule has 0 radical (unpaired) electrons. The van der Waals surface area contributed by atoms with Crippen molar-refractivity contribution < 1.29 is 13.6 Å². The summed E-state index contributed by atoms with van der Waals surface area (Å²) in [6.45, 7) is 4.18. The number of benzene rings is 2. The molecule has 2 aromatic rings. The number of amides is 1. The van der Waals surface area contributed by atoms with Crippen LogP contribution in [0, 0.1) is 0 Å². The van der Waals surface area contributed by atoms with E-state index in [4.69, 9.17) is 0 Å². The van der Waals surface area contributed by atoms with Gasteiger partial charge in [0.15, 0.2) is 0 Å². The van der Waals surface area contributed by atoms with Gasteiger partial charge in [0.05, 0.1) is 5.56 Å². The molecule has 0 bridgehead atoms. The average molecular weight is 321 g/mol. The first kappa shape index (κ1) is 16.5. The van der Waals surface area contributed by atoms with Gasteiger partial charge in [0.25, 0.3) is 11.7 Å². The van der Waals surface area contributed by atoms with Crippen LogP contribution in [0.2, 0.25) is 0 Å². The third-order valence-corrected chi connectivity index (χ3v) is 3.97. The Morgan fingerprint density at radius 2 is 1.68 bits per heavy atom. The minimum atomic E-state index is -2.56. The second-order valence-electron chi connectivity index (χ2n) is 5.11. The Kier molecular flexibility index (Phi) is 5.55. The maximum absolute atomic E-state index is 12.5. The molecule has 0 aliphatic rings. The molecule has 0 unspecified atom stereocenters. The van der Waals surface area contributed by atoms with Gasteiger partial charge < -0.3 is 5.32 Å². The fourth-order valence-corrected chi connectivity index (χ4v) is 2.64. The lowest BCUT2D eigenvalue weighted by Crippen LogP contribution is -2.13. The van der Waals surface area contributed by atoms with Gasteiger partial charge in [-0.25, -0.2) is 0 Å². The maximum Gasteiger partial charge on any atom is 0.288 e. The van der Waals surface area contributed by atoms with E-state index in [1.807, 2.05) is 24.3 Å². The second kappa shape index (κ2) is 7.40. The van der Waals surface area contributed by atoms with Gasteiger partial charge in [-0.2, -0.15) is 8.78 Å². The SMILES string of the molecule is CC(C)c1ccc(NC(=O)c2ccccc2SC(F)F)cc1. The standard InChI is InChI=1S/C17H17F2NOS/c1-11(2)12-7-9-13(10-8-12)20-16(21)14-5-3-4-6-15(14)22-17(18)19/h3-11,17H,1-2H3,(H,20,21). The van der Waals surface area contributed by atoms with Crippen molar-refractivity contribution in [3.63, 3.8) is 0 Å². The Morgan fingerprint density at radius 3 is 2.27 bits per heavy atom. The van der Waals surface area contributed by atoms with Gasteiger partial charge in [0, 0.05) is 10.6 Å². The summed E-state index contributed by atoms with van der Waals surface area (Å²) in [6, 6.07) is 13.9. The van der Waals surface area contributed by atoms with E-state index >= 15 is 0 Å². The van der Waals surface area contributed by atoms with Crippen molar-refractivity contribution in [2.45, 2.75) is 30.4 Å². The zero-order valence-electron chi connectivity index (χ0n) is 12.3. The van der Waals surface area contributed by atoms with Crippen LogP contribution in [0.3, 0.4) is 0 Å². The number of halogens is 2. The molecule has 0 fully saturated rings. The molecule has 0 spiro atoms. The van der Waals surface area contributed by atoms with Crippen LogP contribution in [0.5, 0.6) is 0 Å². The van der Waals surface area contributed by atoms with Gasteiger partial charge in [0.2, 0.25) is 0 Å². The fourth-order valence-electron chi connectivity index (χ4n) is 2.00. The topological polar surface area (TPSA) is 29.1 Å². The number of rotatable bonds is 5. The third kappa shape index (κ3) is 4.31. The lowest BCUT2D eigenvalue weighted by molar-refractivity contribution is 0.102. The Labute approximate surface area is 132 Å². The van der Waals surface area contributed by atoms with Crippen molar-refractivity contribution in [2.24, 2.45) is 0 Å². The monoisotopic (exact) mass is 321 g/mol. The average Bonchev–Trinajstić information content (AvgIpc) is 2.47. The summed E-state index contributed by atoms with van der Waals surface area (Å²) in [5.41, 5.74) is 2.07. The lowest BCUT2D eigenvalue weighted by atomic mass is 10.0. The lowest BCUT2D eigenvalue weighted by Gasteiger charge is -2.11. The fraction of sp³-hybridized carbons (Fsp3) is 0.235. The molecule has 2 rings (SSSR count). The van der Waals surface area contributed by atoms with Crippen molar-refractivity contribution in [3.8, 4) is 0 Å². The minimum Gasteiger partial charge on any atom is -0.322 e. The molecule has 0 saturated carbocycles. The molecule has 22 heavy (non-hydrogen) atoms. The van der Waals surface area contributed by atoms with Gasteiger partial charge in [-0.3, -0.25) is 4.79 Å². The van der Waals surface area contributed by atoms with E-state index in [1.165, 1.54) is 11.6 Å². The van der Waals surface area contributed by atoms with Crippen LogP contribution in [0.1, 0.15) is 35.7 Å². The van der Waals surface area contributed by atoms with Gasteiger partial charge in [-0.1, -0.05) is 49.9 Å². The summed E-state index contributed by atoms with van der Waals surface area (Å²) in [7, 11) is 0. The molecule has 0 saturated heterocycles. The molecule has 1 N–H and O–H groups in total. The molecule has 0 heterocycles. The van der Waals surface area contributed by atoms with Gasteiger partial charge in [-0.15, -0.1) is 0 Å². The normalized spacial score (nSPS) is 11.0. The highest BCUT2D eigenvalue weighted by Gasteiger charge is 2.15. The van der Waals surface area contributed by atoms with Crippen molar-refractivity contribution in [2.75, 3.05) is 5.32 Å². The number of anilines is 1. The first-order valence-electron chi connectivity index (χ1n) is 6.92. The number of alkyl halides is 2. The molecule has 0 aliphatic carbocycles. The Morgan fingerprint density at radius 1 is 1.05 bits per heavy atom. The van der Waals surface area contributed by atoms with Crippen LogP contribution in [-0.4, -0.2) is 11.7 Å². The predicted molar refractivity (Wildman–Crippen MR) is 86.8 cm³/mol. The largest absolute Gasteiger partial charge is 0.322 e. The Balaban J connectivity index is 2.15. The highest BCUT2D eigenvalue weighted by molar-refractivity contribution is 7.99. The van der Waals surface area contributed by atoms with E-state index in [1.54, 1.807) is 18.2 Å². The quantitative estimate of drug-likeness (QED) is 0.749. The predicted octanol–water partition coefficient (Wildman–Crippen LogP) is 5.38. The summed E-state index contributed by atoms with van der Waals surface area (Å²) >= 11 is 0.376. The number of thioether (sulfide) groups is 1. The second-order valence-corrected chi connectivity index (χ2v) is 6.14. The summed E-state index contributed by atoms with van der Waals surface area (Å²) in [4.78, 5) is 12.5. The minimum absolute atomic E-state index is 0.251. The summed E-state index contributed by atoms with van der Waals surface area (Å²) < 4.78 is 25.1. The smallest absolute Gasteiger partial charge is 0.288 e. The van der Waals surface area contributed by atoms with E-state index in [9.17, 15) is 13.6 Å². The molecule has 5 heteroatoms. The van der Waals surface area contributed by atoms with Gasteiger partial charge in [0.1, 0.15) is 0 Å². The maximum atomic E-state index is 12.5. The number of nitrogens with one attached hydrogen (secondary N) is 1. The van der Waals surface area contributed by atoms with Crippen LogP contribution in [0.4, 0.5) is 14.5 Å². The summed E-state index contributed by atoms with van der Waals surface area (Å²) in [5, 5.41) is 2.74. The molecule has 2 aromatic carbocycles. The molecule has 116 valence electrons. The number of hydrogen-bond donors (Lipinski definition) is 1. The highest BCUT2D eigenvalue weighted by Crippen LogP contribution is 2.29. The number of carbonyl (C=O) groups excluding carboxylic acids is 1. The molecular weight excluding hydrogens is 304 g/mol. The Bertz CT molecular complexity index is 641. The van der Waals surface area contributed by atoms with Crippen LogP contribution in [0.25, 0.3) is 0 Å². The molecular formula is C17H17F2NOS. The van der Waals surface area contributed by atoms with E-state index < -0.39 is 5.76 Å². The van der Waals surface area contributed by atoms with Crippen LogP contribution in [-0.2, 0) is 0 Å². The van der Waals surface area contributed by atoms with E-state index in [0.29, 0.717) is 23.4 Å². The zero-order valence-corrected chi connectivity index (χ0v) is 13.2. The van der Waals surface area contributed by atoms with Crippen LogP contribution in [0.15, 0.2) is 53.4 Å². The number of carbonyl (C=O) groups is 1. The first-order valence-corrected chi connectivity index (χ1v) is 7.80. The molecule has 2 nitrogen and oxygen atoms in total. The highest BCUT2D eigenvalue weighted by atomic mass is 32.2. The molecule has 1 amide bonds. The zero-order chi connectivity index (χ0) is 16.1. The van der Waals surface area contributed by atoms with Crippen molar-refractivity contribution >= 4 is 23.4 Å². The third-order valence-electron chi connectivity index (χ3n) is 3.18. The first-order chi connectivity index (χ1) is 10.5. The van der Waals surface area contributed by atoms with Gasteiger partial charge >= 0.3 is 0 Å². The van der Waals surface area contributed by atoms with Crippen molar-refractivity contribution in [1.29, 1.82) is 0 Å². The van der Waals surface area contributed by atoms with E-state index in [0.717, 1.165) is 0 Å². The van der Waals surface area contributed by atoms with E-state index in [2.05, 4.69) is 19.2 Å². The van der Waals surface area contributed by atoms with Gasteiger partial charge in [-0.05, 0) is 35.7 Å². The van der Waals surface area contributed by atoms with Crippen LogP contribution < -0.4 is 5.32 Å². The molecule has 0 atom stereocenters. The molecule has 0 aromatic heterocycles. The van der Waals surface area contributed by atoms with Crippen LogP contribution >= 0.6 is 11.8 Å². The van der Waals surface area contributed by atoms with Crippen molar-refractivity contribution in [1.82, 2.24) is 0 Å². The summed E-state index contributed by atoms with van der Waals surface area (Å²) in [5.74, 6) is -2.53. The Hall–Kier alpha value is -1.88. The summed E-state index contributed by atoms with van der Waals surface area (Å²) in [6.07, 6.45) is 0. The molecule has 0 aliphatic heterocycles. The van der Waals surface area contributed by atoms with Crippen molar-refractivity contribution in [3.05, 3.63) is 59.7 Å². The number of hydrogen-bond acceptors (Lipinski definition) is 2.